The van der Waals surface area contributed by atoms with Gasteiger partial charge in [-0.05, 0) is 37.8 Å². The molecule has 1 aliphatic rings. The maximum atomic E-state index is 11.7. The molecule has 1 aromatic rings. The molecule has 2 rings (SSSR count). The van der Waals surface area contributed by atoms with Crippen LogP contribution in [0.1, 0.15) is 26.7 Å². The van der Waals surface area contributed by atoms with Gasteiger partial charge in [-0.25, -0.2) is 0 Å². The molecule has 0 aliphatic heterocycles. The van der Waals surface area contributed by atoms with Gasteiger partial charge in [-0.2, -0.15) is 0 Å². The van der Waals surface area contributed by atoms with Gasteiger partial charge >= 0.3 is 0 Å². The van der Waals surface area contributed by atoms with Crippen molar-refractivity contribution < 1.29 is 4.79 Å². The van der Waals surface area contributed by atoms with Crippen LogP contribution in [0.25, 0.3) is 0 Å². The molecule has 3 nitrogen and oxygen atoms in total. The van der Waals surface area contributed by atoms with Gasteiger partial charge in [-0.15, -0.1) is 0 Å². The van der Waals surface area contributed by atoms with E-state index >= 15 is 0 Å². The van der Waals surface area contributed by atoms with Crippen molar-refractivity contribution >= 4 is 11.6 Å². The molecule has 0 spiro atoms. The summed E-state index contributed by atoms with van der Waals surface area (Å²) in [5, 5.41) is 3.04. The molecule has 2 atom stereocenters. The third-order valence-electron chi connectivity index (χ3n) is 3.85. The van der Waals surface area contributed by atoms with Crippen molar-refractivity contribution in [2.45, 2.75) is 26.7 Å². The van der Waals surface area contributed by atoms with Crippen LogP contribution in [0, 0.1) is 11.8 Å². The monoisotopic (exact) mass is 260 g/mol. The van der Waals surface area contributed by atoms with Crippen LogP contribution < -0.4 is 10.2 Å². The number of carbonyl (C=O) groups excluding carboxylic acids is 1. The number of hydrogen-bond acceptors (Lipinski definition) is 2. The normalized spacial score (nSPS) is 20.9. The lowest BCUT2D eigenvalue weighted by Crippen LogP contribution is -2.30. The van der Waals surface area contributed by atoms with Gasteiger partial charge in [0.05, 0.1) is 0 Å². The van der Waals surface area contributed by atoms with E-state index < -0.39 is 0 Å². The lowest BCUT2D eigenvalue weighted by atomic mass is 10.2. The Bertz CT molecular complexity index is 404. The lowest BCUT2D eigenvalue weighted by molar-refractivity contribution is -0.122. The molecule has 1 saturated carbocycles. The fourth-order valence-corrected chi connectivity index (χ4v) is 2.41. The van der Waals surface area contributed by atoms with E-state index in [4.69, 9.17) is 0 Å². The second-order valence-electron chi connectivity index (χ2n) is 5.38. The number of nitrogens with one attached hydrogen (secondary N) is 1. The topological polar surface area (TPSA) is 32.3 Å². The average molecular weight is 260 g/mol. The van der Waals surface area contributed by atoms with Crippen LogP contribution in [0.15, 0.2) is 30.3 Å². The number of para-hydroxylation sites is 1. The molecule has 0 bridgehead atoms. The van der Waals surface area contributed by atoms with E-state index in [0.29, 0.717) is 5.92 Å². The predicted octanol–water partition coefficient (Wildman–Crippen LogP) is 2.68. The van der Waals surface area contributed by atoms with E-state index in [9.17, 15) is 4.79 Å². The van der Waals surface area contributed by atoms with E-state index in [1.165, 1.54) is 5.69 Å². The fraction of sp³-hybridized carbons (Fsp3) is 0.562. The first-order valence-corrected chi connectivity index (χ1v) is 7.30. The molecule has 1 amide bonds. The van der Waals surface area contributed by atoms with Gasteiger partial charge in [-0.3, -0.25) is 4.79 Å². The summed E-state index contributed by atoms with van der Waals surface area (Å²) in [7, 11) is 0. The molecule has 1 aromatic carbocycles. The van der Waals surface area contributed by atoms with Crippen molar-refractivity contribution in [1.29, 1.82) is 0 Å². The number of carbonyl (C=O) groups is 1. The number of amides is 1. The Labute approximate surface area is 116 Å². The van der Waals surface area contributed by atoms with Gasteiger partial charge in [0.1, 0.15) is 0 Å². The Morgan fingerprint density at radius 2 is 2.05 bits per heavy atom. The first kappa shape index (κ1) is 13.9. The lowest BCUT2D eigenvalue weighted by Gasteiger charge is -2.23. The zero-order valence-electron chi connectivity index (χ0n) is 11.9. The average Bonchev–Trinajstić information content (AvgIpc) is 3.17. The number of nitrogens with zero attached hydrogens (tertiary/aromatic N) is 1. The number of rotatable bonds is 7. The van der Waals surface area contributed by atoms with Gasteiger partial charge in [0, 0.05) is 31.2 Å². The van der Waals surface area contributed by atoms with Crippen LogP contribution in [0.2, 0.25) is 0 Å². The standard InChI is InChI=1S/C16H24N2O/c1-3-18(14-8-5-4-6-9-14)11-7-10-17-16(19)15-12-13(15)2/h4-6,8-9,13,15H,3,7,10-12H2,1-2H3,(H,17,19)/t13-,15-/m0/s1. The van der Waals surface area contributed by atoms with Crippen LogP contribution in [-0.4, -0.2) is 25.5 Å². The second kappa shape index (κ2) is 6.60. The molecule has 0 heterocycles. The Kier molecular flexibility index (Phi) is 4.83. The molecule has 19 heavy (non-hydrogen) atoms. The van der Waals surface area contributed by atoms with Crippen LogP contribution in [0.4, 0.5) is 5.69 Å². The first-order valence-electron chi connectivity index (χ1n) is 7.30. The summed E-state index contributed by atoms with van der Waals surface area (Å²) in [5.74, 6) is 1.13. The van der Waals surface area contributed by atoms with Crippen molar-refractivity contribution in [2.75, 3.05) is 24.5 Å². The Hall–Kier alpha value is -1.51. The summed E-state index contributed by atoms with van der Waals surface area (Å²) in [6.07, 6.45) is 2.06. The zero-order chi connectivity index (χ0) is 13.7. The number of hydrogen-bond donors (Lipinski definition) is 1. The highest BCUT2D eigenvalue weighted by atomic mass is 16.2. The smallest absolute Gasteiger partial charge is 0.223 e. The largest absolute Gasteiger partial charge is 0.372 e. The molecule has 0 saturated heterocycles. The van der Waals surface area contributed by atoms with E-state index in [1.807, 2.05) is 6.07 Å². The Balaban J connectivity index is 1.68. The predicted molar refractivity (Wildman–Crippen MR) is 79.2 cm³/mol. The van der Waals surface area contributed by atoms with Gasteiger partial charge in [0.25, 0.3) is 0 Å². The highest BCUT2D eigenvalue weighted by Crippen LogP contribution is 2.37. The SMILES string of the molecule is CCN(CCCNC(=O)[C@H]1C[C@@H]1C)c1ccccc1. The summed E-state index contributed by atoms with van der Waals surface area (Å²) in [6, 6.07) is 10.4. The third kappa shape index (κ3) is 3.98. The molecular formula is C16H24N2O. The van der Waals surface area contributed by atoms with Crippen molar-refractivity contribution in [3.8, 4) is 0 Å². The maximum absolute atomic E-state index is 11.7. The molecule has 3 heteroatoms. The molecule has 1 N–H and O–H groups in total. The van der Waals surface area contributed by atoms with Gasteiger partial charge < -0.3 is 10.2 Å². The van der Waals surface area contributed by atoms with E-state index in [2.05, 4.69) is 48.3 Å². The third-order valence-corrected chi connectivity index (χ3v) is 3.85. The summed E-state index contributed by atoms with van der Waals surface area (Å²) in [5.41, 5.74) is 1.26. The van der Waals surface area contributed by atoms with Crippen LogP contribution in [0.3, 0.4) is 0 Å². The molecule has 0 radical (unpaired) electrons. The summed E-state index contributed by atoms with van der Waals surface area (Å²) in [4.78, 5) is 14.0. The van der Waals surface area contributed by atoms with E-state index in [-0.39, 0.29) is 11.8 Å². The number of anilines is 1. The van der Waals surface area contributed by atoms with Crippen molar-refractivity contribution in [2.24, 2.45) is 11.8 Å². The minimum Gasteiger partial charge on any atom is -0.372 e. The molecule has 1 fully saturated rings. The quantitative estimate of drug-likeness (QED) is 0.764. The van der Waals surface area contributed by atoms with Gasteiger partial charge in [-0.1, -0.05) is 25.1 Å². The minimum absolute atomic E-state index is 0.246. The molecular weight excluding hydrogens is 236 g/mol. The molecule has 1 aliphatic carbocycles. The van der Waals surface area contributed by atoms with E-state index in [1.54, 1.807) is 0 Å². The highest BCUT2D eigenvalue weighted by Gasteiger charge is 2.38. The first-order chi connectivity index (χ1) is 9.22. The minimum atomic E-state index is 0.246. The Morgan fingerprint density at radius 1 is 1.37 bits per heavy atom. The van der Waals surface area contributed by atoms with Crippen molar-refractivity contribution in [3.63, 3.8) is 0 Å². The summed E-state index contributed by atoms with van der Waals surface area (Å²) in [6.45, 7) is 7.07. The molecule has 0 aromatic heterocycles. The zero-order valence-corrected chi connectivity index (χ0v) is 11.9. The van der Waals surface area contributed by atoms with Crippen LogP contribution in [-0.2, 0) is 4.79 Å². The maximum Gasteiger partial charge on any atom is 0.223 e. The van der Waals surface area contributed by atoms with E-state index in [0.717, 1.165) is 32.5 Å². The fourth-order valence-electron chi connectivity index (χ4n) is 2.41. The highest BCUT2D eigenvalue weighted by molar-refractivity contribution is 5.81. The van der Waals surface area contributed by atoms with Crippen LogP contribution >= 0.6 is 0 Å². The van der Waals surface area contributed by atoms with Crippen molar-refractivity contribution in [1.82, 2.24) is 5.32 Å². The van der Waals surface area contributed by atoms with Gasteiger partial charge in [0.2, 0.25) is 5.91 Å². The Morgan fingerprint density at radius 3 is 2.63 bits per heavy atom. The summed E-state index contributed by atoms with van der Waals surface area (Å²) < 4.78 is 0. The molecule has 0 unspecified atom stereocenters. The van der Waals surface area contributed by atoms with Gasteiger partial charge in [0.15, 0.2) is 0 Å². The van der Waals surface area contributed by atoms with Crippen molar-refractivity contribution in [3.05, 3.63) is 30.3 Å². The number of benzene rings is 1. The summed E-state index contributed by atoms with van der Waals surface area (Å²) >= 11 is 0. The molecule has 104 valence electrons. The van der Waals surface area contributed by atoms with Crippen LogP contribution in [0.5, 0.6) is 0 Å². The second-order valence-corrected chi connectivity index (χ2v) is 5.38.